The van der Waals surface area contributed by atoms with Crippen LogP contribution in [-0.2, 0) is 32.6 Å². The molecule has 0 bridgehead atoms. The van der Waals surface area contributed by atoms with Crippen molar-refractivity contribution in [2.24, 2.45) is 0 Å². The van der Waals surface area contributed by atoms with Crippen LogP contribution in [0.4, 0.5) is 5.69 Å². The van der Waals surface area contributed by atoms with Crippen molar-refractivity contribution < 1.29 is 18.0 Å². The molecule has 42 heavy (non-hydrogen) atoms. The molecule has 1 fully saturated rings. The van der Waals surface area contributed by atoms with Gasteiger partial charge in [0.25, 0.3) is 0 Å². The normalized spacial score (nSPS) is 14.7. The number of rotatable bonds is 11. The number of hydrogen-bond acceptors (Lipinski definition) is 4. The number of anilines is 1. The minimum atomic E-state index is -3.92. The quantitative estimate of drug-likeness (QED) is 0.257. The lowest BCUT2D eigenvalue weighted by atomic mass is 9.94. The highest BCUT2D eigenvalue weighted by Crippen LogP contribution is 2.29. The predicted octanol–water partition coefficient (Wildman–Crippen LogP) is 6.50. The van der Waals surface area contributed by atoms with Gasteiger partial charge in [-0.2, -0.15) is 0 Å². The maximum Gasteiger partial charge on any atom is 0.244 e. The van der Waals surface area contributed by atoms with Gasteiger partial charge in [0.05, 0.1) is 27.0 Å². The van der Waals surface area contributed by atoms with Crippen LogP contribution in [0.1, 0.15) is 43.2 Å². The molecule has 0 aromatic heterocycles. The molecule has 0 radical (unpaired) electrons. The van der Waals surface area contributed by atoms with Crippen molar-refractivity contribution in [2.75, 3.05) is 17.1 Å². The maximum absolute atomic E-state index is 14.2. The number of amides is 2. The summed E-state index contributed by atoms with van der Waals surface area (Å²) < 4.78 is 26.8. The van der Waals surface area contributed by atoms with Gasteiger partial charge in [-0.05, 0) is 48.2 Å². The number of carbonyl (C=O) groups is 2. The molecule has 4 rings (SSSR count). The van der Waals surface area contributed by atoms with E-state index in [1.165, 1.54) is 11.0 Å². The van der Waals surface area contributed by atoms with E-state index >= 15 is 0 Å². The molecule has 1 N–H and O–H groups in total. The largest absolute Gasteiger partial charge is 0.352 e. The van der Waals surface area contributed by atoms with Crippen LogP contribution in [0.2, 0.25) is 15.1 Å². The van der Waals surface area contributed by atoms with Crippen molar-refractivity contribution in [1.82, 2.24) is 10.2 Å². The minimum Gasteiger partial charge on any atom is -0.352 e. The van der Waals surface area contributed by atoms with E-state index in [-0.39, 0.29) is 35.6 Å². The first kappa shape index (κ1) is 32.1. The molecule has 3 aromatic carbocycles. The van der Waals surface area contributed by atoms with Crippen molar-refractivity contribution in [1.29, 1.82) is 0 Å². The molecule has 224 valence electrons. The lowest BCUT2D eigenvalue weighted by Crippen LogP contribution is -2.55. The number of hydrogen-bond donors (Lipinski definition) is 1. The smallest absolute Gasteiger partial charge is 0.244 e. The molecular weight excluding hydrogens is 617 g/mol. The first-order valence-electron chi connectivity index (χ1n) is 13.8. The molecule has 1 saturated carbocycles. The molecule has 11 heteroatoms. The van der Waals surface area contributed by atoms with E-state index in [1.807, 2.05) is 30.3 Å². The van der Waals surface area contributed by atoms with E-state index in [9.17, 15) is 18.0 Å². The van der Waals surface area contributed by atoms with Gasteiger partial charge in [-0.1, -0.05) is 103 Å². The Morgan fingerprint density at radius 3 is 2.17 bits per heavy atom. The number of carbonyl (C=O) groups excluding carboxylic acids is 2. The lowest BCUT2D eigenvalue weighted by Gasteiger charge is -2.35. The summed E-state index contributed by atoms with van der Waals surface area (Å²) in [6.07, 6.45) is 6.19. The Morgan fingerprint density at radius 1 is 0.857 bits per heavy atom. The number of nitrogens with zero attached hydrogens (tertiary/aromatic N) is 2. The van der Waals surface area contributed by atoms with E-state index in [1.54, 1.807) is 36.4 Å². The summed E-state index contributed by atoms with van der Waals surface area (Å²) in [6, 6.07) is 19.9. The fraction of sp³-hybridized carbons (Fsp3) is 0.355. The van der Waals surface area contributed by atoms with Crippen LogP contribution >= 0.6 is 34.8 Å². The van der Waals surface area contributed by atoms with Gasteiger partial charge in [-0.25, -0.2) is 8.42 Å². The van der Waals surface area contributed by atoms with Gasteiger partial charge < -0.3 is 10.2 Å². The van der Waals surface area contributed by atoms with Crippen LogP contribution in [0.15, 0.2) is 72.8 Å². The number of halogens is 3. The average Bonchev–Trinajstić information content (AvgIpc) is 2.96. The topological polar surface area (TPSA) is 86.8 Å². The van der Waals surface area contributed by atoms with Crippen LogP contribution < -0.4 is 9.62 Å². The molecule has 3 aromatic rings. The second-order valence-corrected chi connectivity index (χ2v) is 13.7. The Labute approximate surface area is 262 Å². The van der Waals surface area contributed by atoms with Gasteiger partial charge in [-0.15, -0.1) is 0 Å². The zero-order chi connectivity index (χ0) is 30.3. The fourth-order valence-electron chi connectivity index (χ4n) is 5.18. The third kappa shape index (κ3) is 8.63. The Kier molecular flexibility index (Phi) is 11.2. The molecule has 0 aliphatic heterocycles. The summed E-state index contributed by atoms with van der Waals surface area (Å²) in [5, 5.41) is 4.02. The third-order valence-electron chi connectivity index (χ3n) is 7.36. The van der Waals surface area contributed by atoms with Gasteiger partial charge in [-0.3, -0.25) is 13.9 Å². The first-order chi connectivity index (χ1) is 20.0. The van der Waals surface area contributed by atoms with Crippen LogP contribution in [0, 0.1) is 0 Å². The second kappa shape index (κ2) is 14.6. The van der Waals surface area contributed by atoms with E-state index in [0.29, 0.717) is 15.6 Å². The molecule has 1 aliphatic carbocycles. The van der Waals surface area contributed by atoms with Gasteiger partial charge >= 0.3 is 0 Å². The molecule has 7 nitrogen and oxygen atoms in total. The van der Waals surface area contributed by atoms with E-state index in [2.05, 4.69) is 5.32 Å². The van der Waals surface area contributed by atoms with Gasteiger partial charge in [0.15, 0.2) is 0 Å². The number of para-hydroxylation sites is 1. The van der Waals surface area contributed by atoms with Crippen LogP contribution in [0.25, 0.3) is 0 Å². The van der Waals surface area contributed by atoms with Gasteiger partial charge in [0, 0.05) is 19.0 Å². The number of nitrogens with one attached hydrogen (secondary N) is 1. The fourth-order valence-corrected chi connectivity index (χ4v) is 6.65. The number of sulfonamides is 1. The van der Waals surface area contributed by atoms with E-state index < -0.39 is 28.5 Å². The van der Waals surface area contributed by atoms with Crippen molar-refractivity contribution in [3.8, 4) is 0 Å². The predicted molar refractivity (Wildman–Crippen MR) is 170 cm³/mol. The average molecular weight is 651 g/mol. The summed E-state index contributed by atoms with van der Waals surface area (Å²) in [4.78, 5) is 29.6. The Balaban J connectivity index is 1.74. The minimum absolute atomic E-state index is 0.00539. The maximum atomic E-state index is 14.2. The molecule has 0 unspecified atom stereocenters. The van der Waals surface area contributed by atoms with Gasteiger partial charge in [0.2, 0.25) is 21.8 Å². The summed E-state index contributed by atoms with van der Waals surface area (Å²) in [6.45, 7) is -0.544. The zero-order valence-electron chi connectivity index (χ0n) is 23.3. The highest BCUT2D eigenvalue weighted by molar-refractivity contribution is 7.92. The van der Waals surface area contributed by atoms with Crippen LogP contribution in [0.5, 0.6) is 0 Å². The van der Waals surface area contributed by atoms with Crippen molar-refractivity contribution in [2.45, 2.75) is 57.2 Å². The highest BCUT2D eigenvalue weighted by atomic mass is 35.5. The molecule has 0 saturated heterocycles. The molecule has 1 aliphatic rings. The van der Waals surface area contributed by atoms with Crippen LogP contribution in [-0.4, -0.2) is 50.0 Å². The molecular formula is C31H34Cl3N3O4S. The monoisotopic (exact) mass is 649 g/mol. The van der Waals surface area contributed by atoms with Crippen LogP contribution in [0.3, 0.4) is 0 Å². The molecule has 0 spiro atoms. The van der Waals surface area contributed by atoms with Crippen molar-refractivity contribution in [3.05, 3.63) is 99.0 Å². The standard InChI is InChI=1S/C31H34Cl3N3O4S/c1-42(40,41)37(28-15-9-8-14-26(28)33)21-30(38)36(20-23-16-17-25(32)27(34)18-23)29(19-22-10-4-2-5-11-22)31(39)35-24-12-6-3-7-13-24/h2,4-5,8-11,14-18,24,29H,3,6-7,12-13,19-21H2,1H3,(H,35,39)/t29-/m0/s1. The summed E-state index contributed by atoms with van der Waals surface area (Å²) >= 11 is 18.8. The van der Waals surface area contributed by atoms with Crippen molar-refractivity contribution >= 4 is 62.3 Å². The number of benzene rings is 3. The Hall–Kier alpha value is -2.78. The summed E-state index contributed by atoms with van der Waals surface area (Å²) in [5.41, 5.74) is 1.68. The third-order valence-corrected chi connectivity index (χ3v) is 9.55. The Bertz CT molecular complexity index is 1500. The van der Waals surface area contributed by atoms with E-state index in [4.69, 9.17) is 34.8 Å². The highest BCUT2D eigenvalue weighted by Gasteiger charge is 2.34. The summed E-state index contributed by atoms with van der Waals surface area (Å²) in [5.74, 6) is -0.853. The van der Waals surface area contributed by atoms with E-state index in [0.717, 1.165) is 48.2 Å². The first-order valence-corrected chi connectivity index (χ1v) is 16.8. The van der Waals surface area contributed by atoms with Gasteiger partial charge in [0.1, 0.15) is 12.6 Å². The zero-order valence-corrected chi connectivity index (χ0v) is 26.4. The SMILES string of the molecule is CS(=O)(=O)N(CC(=O)N(Cc1ccc(Cl)c(Cl)c1)[C@@H](Cc1ccccc1)C(=O)NC1CCCCC1)c1ccccc1Cl. The second-order valence-electron chi connectivity index (χ2n) is 10.5. The Morgan fingerprint density at radius 2 is 1.52 bits per heavy atom. The van der Waals surface area contributed by atoms with Crippen molar-refractivity contribution in [3.63, 3.8) is 0 Å². The molecule has 0 heterocycles. The molecule has 1 atom stereocenters. The summed E-state index contributed by atoms with van der Waals surface area (Å²) in [7, 11) is -3.92. The lowest BCUT2D eigenvalue weighted by molar-refractivity contribution is -0.140. The molecule has 2 amide bonds.